The van der Waals surface area contributed by atoms with E-state index in [1.54, 1.807) is 11.1 Å². The minimum atomic E-state index is -0.452. The number of hydrogen-bond acceptors (Lipinski definition) is 4. The van der Waals surface area contributed by atoms with Crippen LogP contribution in [0.1, 0.15) is 56.4 Å². The SMILES string of the molecule is Cc1cc(C2CCN(C(=O)OC(C)(C)C)CC2)ncc1CO. The van der Waals surface area contributed by atoms with Gasteiger partial charge in [0.15, 0.2) is 0 Å². The number of aliphatic hydroxyl groups excluding tert-OH is 1. The monoisotopic (exact) mass is 306 g/mol. The second kappa shape index (κ2) is 6.65. The molecule has 22 heavy (non-hydrogen) atoms. The number of amides is 1. The summed E-state index contributed by atoms with van der Waals surface area (Å²) in [7, 11) is 0. The molecule has 1 fully saturated rings. The van der Waals surface area contributed by atoms with Crippen molar-refractivity contribution in [3.8, 4) is 0 Å². The van der Waals surface area contributed by atoms with Gasteiger partial charge in [-0.1, -0.05) is 0 Å². The lowest BCUT2D eigenvalue weighted by atomic mass is 9.92. The normalized spacial score (nSPS) is 16.7. The molecule has 0 spiro atoms. The largest absolute Gasteiger partial charge is 0.444 e. The van der Waals surface area contributed by atoms with Gasteiger partial charge in [0.1, 0.15) is 5.60 Å². The molecular formula is C17H26N2O3. The topological polar surface area (TPSA) is 62.7 Å². The second-order valence-electron chi connectivity index (χ2n) is 6.94. The highest BCUT2D eigenvalue weighted by molar-refractivity contribution is 5.68. The Labute approximate surface area is 132 Å². The van der Waals surface area contributed by atoms with E-state index >= 15 is 0 Å². The van der Waals surface area contributed by atoms with Crippen LogP contribution in [0.2, 0.25) is 0 Å². The fourth-order valence-corrected chi connectivity index (χ4v) is 2.68. The zero-order chi connectivity index (χ0) is 16.3. The Hall–Kier alpha value is -1.62. The van der Waals surface area contributed by atoms with Crippen molar-refractivity contribution in [2.45, 2.75) is 58.7 Å². The second-order valence-corrected chi connectivity index (χ2v) is 6.94. The lowest BCUT2D eigenvalue weighted by Gasteiger charge is -2.33. The molecular weight excluding hydrogens is 280 g/mol. The van der Waals surface area contributed by atoms with Crippen LogP contribution >= 0.6 is 0 Å². The van der Waals surface area contributed by atoms with Crippen molar-refractivity contribution < 1.29 is 14.6 Å². The van der Waals surface area contributed by atoms with Gasteiger partial charge in [0, 0.05) is 30.9 Å². The first-order valence-electron chi connectivity index (χ1n) is 7.84. The van der Waals surface area contributed by atoms with Crippen LogP contribution in [0, 0.1) is 6.92 Å². The van der Waals surface area contributed by atoms with Crippen molar-refractivity contribution in [3.63, 3.8) is 0 Å². The number of aromatic nitrogens is 1. The Bertz CT molecular complexity index is 529. The van der Waals surface area contributed by atoms with Crippen molar-refractivity contribution in [3.05, 3.63) is 29.1 Å². The van der Waals surface area contributed by atoms with E-state index in [4.69, 9.17) is 4.74 Å². The van der Waals surface area contributed by atoms with Crippen LogP contribution in [0.15, 0.2) is 12.3 Å². The summed E-state index contributed by atoms with van der Waals surface area (Å²) in [5.74, 6) is 0.366. The molecule has 0 aliphatic carbocycles. The first-order chi connectivity index (χ1) is 10.3. The number of aryl methyl sites for hydroxylation is 1. The number of likely N-dealkylation sites (tertiary alicyclic amines) is 1. The predicted molar refractivity (Wildman–Crippen MR) is 84.7 cm³/mol. The minimum Gasteiger partial charge on any atom is -0.444 e. The maximum absolute atomic E-state index is 12.1. The van der Waals surface area contributed by atoms with Gasteiger partial charge in [-0.2, -0.15) is 0 Å². The van der Waals surface area contributed by atoms with Gasteiger partial charge in [-0.15, -0.1) is 0 Å². The molecule has 1 aromatic rings. The molecule has 0 aromatic carbocycles. The highest BCUT2D eigenvalue weighted by atomic mass is 16.6. The van der Waals surface area contributed by atoms with E-state index in [0.29, 0.717) is 19.0 Å². The maximum Gasteiger partial charge on any atom is 0.410 e. The van der Waals surface area contributed by atoms with E-state index < -0.39 is 5.60 Å². The van der Waals surface area contributed by atoms with Crippen LogP contribution in [0.3, 0.4) is 0 Å². The molecule has 2 rings (SSSR count). The molecule has 5 heteroatoms. The van der Waals surface area contributed by atoms with E-state index in [2.05, 4.69) is 11.1 Å². The molecule has 0 radical (unpaired) electrons. The smallest absolute Gasteiger partial charge is 0.410 e. The summed E-state index contributed by atoms with van der Waals surface area (Å²) in [6.07, 6.45) is 3.31. The summed E-state index contributed by atoms with van der Waals surface area (Å²) in [5, 5.41) is 9.21. The molecule has 2 heterocycles. The summed E-state index contributed by atoms with van der Waals surface area (Å²) in [6.45, 7) is 9.06. The van der Waals surface area contributed by atoms with Crippen molar-refractivity contribution in [2.24, 2.45) is 0 Å². The van der Waals surface area contributed by atoms with Gasteiger partial charge in [0.2, 0.25) is 0 Å². The summed E-state index contributed by atoms with van der Waals surface area (Å²) in [6, 6.07) is 2.05. The van der Waals surface area contributed by atoms with Gasteiger partial charge in [-0.25, -0.2) is 4.79 Å². The standard InChI is InChI=1S/C17H26N2O3/c1-12-9-15(18-10-14(12)11-20)13-5-7-19(8-6-13)16(21)22-17(2,3)4/h9-10,13,20H,5-8,11H2,1-4H3. The molecule has 1 amide bonds. The molecule has 0 atom stereocenters. The van der Waals surface area contributed by atoms with Crippen LogP contribution in [0.4, 0.5) is 4.79 Å². The predicted octanol–water partition coefficient (Wildman–Crippen LogP) is 3.00. The van der Waals surface area contributed by atoms with E-state index in [9.17, 15) is 9.90 Å². The zero-order valence-corrected chi connectivity index (χ0v) is 13.9. The zero-order valence-electron chi connectivity index (χ0n) is 13.9. The van der Waals surface area contributed by atoms with Gasteiger partial charge in [0.05, 0.1) is 6.61 Å². The molecule has 1 N–H and O–H groups in total. The quantitative estimate of drug-likeness (QED) is 0.912. The van der Waals surface area contributed by atoms with Crippen LogP contribution in [0.25, 0.3) is 0 Å². The van der Waals surface area contributed by atoms with Crippen molar-refractivity contribution in [2.75, 3.05) is 13.1 Å². The third-order valence-corrected chi connectivity index (χ3v) is 3.98. The lowest BCUT2D eigenvalue weighted by Crippen LogP contribution is -2.41. The number of carbonyl (C=O) groups excluding carboxylic acids is 1. The molecule has 1 aromatic heterocycles. The van der Waals surface area contributed by atoms with Gasteiger partial charge in [0.25, 0.3) is 0 Å². The van der Waals surface area contributed by atoms with Crippen molar-refractivity contribution in [1.82, 2.24) is 9.88 Å². The Kier molecular flexibility index (Phi) is 5.06. The highest BCUT2D eigenvalue weighted by Gasteiger charge is 2.28. The average Bonchev–Trinajstić information content (AvgIpc) is 2.45. The van der Waals surface area contributed by atoms with E-state index in [1.807, 2.05) is 27.7 Å². The Morgan fingerprint density at radius 2 is 2.05 bits per heavy atom. The summed E-state index contributed by atoms with van der Waals surface area (Å²) < 4.78 is 5.41. The lowest BCUT2D eigenvalue weighted by molar-refractivity contribution is 0.0204. The fraction of sp³-hybridized carbons (Fsp3) is 0.647. The number of carbonyl (C=O) groups is 1. The van der Waals surface area contributed by atoms with Crippen molar-refractivity contribution >= 4 is 6.09 Å². The molecule has 0 unspecified atom stereocenters. The number of rotatable bonds is 2. The van der Waals surface area contributed by atoms with Gasteiger partial charge < -0.3 is 14.7 Å². The van der Waals surface area contributed by atoms with Crippen LogP contribution in [-0.2, 0) is 11.3 Å². The molecule has 1 saturated heterocycles. The fourth-order valence-electron chi connectivity index (χ4n) is 2.68. The average molecular weight is 306 g/mol. The molecule has 0 saturated carbocycles. The summed E-state index contributed by atoms with van der Waals surface area (Å²) in [5.41, 5.74) is 2.54. The molecule has 122 valence electrons. The highest BCUT2D eigenvalue weighted by Crippen LogP contribution is 2.28. The van der Waals surface area contributed by atoms with E-state index in [0.717, 1.165) is 29.7 Å². The molecule has 1 aliphatic heterocycles. The third-order valence-electron chi connectivity index (χ3n) is 3.98. The summed E-state index contributed by atoms with van der Waals surface area (Å²) in [4.78, 5) is 18.3. The molecule has 5 nitrogen and oxygen atoms in total. The van der Waals surface area contributed by atoms with Crippen molar-refractivity contribution in [1.29, 1.82) is 0 Å². The van der Waals surface area contributed by atoms with Crippen LogP contribution in [0.5, 0.6) is 0 Å². The number of pyridine rings is 1. The van der Waals surface area contributed by atoms with Crippen LogP contribution < -0.4 is 0 Å². The first kappa shape index (κ1) is 16.7. The molecule has 1 aliphatic rings. The van der Waals surface area contributed by atoms with E-state index in [1.165, 1.54) is 0 Å². The number of aliphatic hydroxyl groups is 1. The Morgan fingerprint density at radius 3 is 2.55 bits per heavy atom. The van der Waals surface area contributed by atoms with Gasteiger partial charge >= 0.3 is 6.09 Å². The Balaban J connectivity index is 1.94. The summed E-state index contributed by atoms with van der Waals surface area (Å²) >= 11 is 0. The van der Waals surface area contributed by atoms with E-state index in [-0.39, 0.29) is 12.7 Å². The molecule has 0 bridgehead atoms. The van der Waals surface area contributed by atoms with Gasteiger partial charge in [-0.3, -0.25) is 4.98 Å². The number of hydrogen-bond donors (Lipinski definition) is 1. The van der Waals surface area contributed by atoms with Gasteiger partial charge in [-0.05, 0) is 57.7 Å². The Morgan fingerprint density at radius 1 is 1.41 bits per heavy atom. The van der Waals surface area contributed by atoms with Crippen LogP contribution in [-0.4, -0.2) is 39.8 Å². The first-order valence-corrected chi connectivity index (χ1v) is 7.84. The maximum atomic E-state index is 12.1. The third kappa shape index (κ3) is 4.19. The number of nitrogens with zero attached hydrogens (tertiary/aromatic N) is 2. The number of ether oxygens (including phenoxy) is 1. The number of piperidine rings is 1. The minimum absolute atomic E-state index is 0.0240.